The van der Waals surface area contributed by atoms with Gasteiger partial charge in [0.25, 0.3) is 5.56 Å². The maximum Gasteiger partial charge on any atom is 0.354 e. The van der Waals surface area contributed by atoms with Gasteiger partial charge in [0.2, 0.25) is 0 Å². The van der Waals surface area contributed by atoms with Crippen molar-refractivity contribution in [2.24, 2.45) is 0 Å². The summed E-state index contributed by atoms with van der Waals surface area (Å²) in [7, 11) is 1.57. The fraction of sp³-hybridized carbons (Fsp3) is 0.167. The minimum atomic E-state index is -0.691. The molecular formula is C24H19NO5S. The Morgan fingerprint density at radius 1 is 1.06 bits per heavy atom. The number of aromatic hydroxyl groups is 1. The number of methoxy groups -OCH3 is 1. The Morgan fingerprint density at radius 2 is 1.77 bits per heavy atom. The van der Waals surface area contributed by atoms with Gasteiger partial charge in [0, 0.05) is 22.1 Å². The number of aromatic nitrogens is 1. The molecular weight excluding hydrogens is 414 g/mol. The monoisotopic (exact) mass is 433 g/mol. The lowest BCUT2D eigenvalue weighted by Crippen LogP contribution is -2.24. The van der Waals surface area contributed by atoms with E-state index in [2.05, 4.69) is 0 Å². The molecule has 6 nitrogen and oxygen atoms in total. The van der Waals surface area contributed by atoms with Crippen molar-refractivity contribution in [2.75, 3.05) is 7.11 Å². The molecule has 1 aliphatic heterocycles. The molecule has 0 saturated carbocycles. The molecule has 0 aliphatic carbocycles. The average molecular weight is 433 g/mol. The van der Waals surface area contributed by atoms with Crippen molar-refractivity contribution in [3.05, 3.63) is 86.6 Å². The van der Waals surface area contributed by atoms with Gasteiger partial charge < -0.3 is 14.3 Å². The van der Waals surface area contributed by atoms with Crippen LogP contribution in [0.3, 0.4) is 0 Å². The normalized spacial score (nSPS) is 13.8. The smallest absolute Gasteiger partial charge is 0.354 e. The number of rotatable bonds is 3. The van der Waals surface area contributed by atoms with Gasteiger partial charge in [0.15, 0.2) is 5.75 Å². The highest BCUT2D eigenvalue weighted by atomic mass is 32.2. The molecule has 5 rings (SSSR count). The Kier molecular flexibility index (Phi) is 4.27. The highest BCUT2D eigenvalue weighted by Crippen LogP contribution is 2.43. The molecule has 0 atom stereocenters. The Hall–Kier alpha value is -3.45. The first-order valence-corrected chi connectivity index (χ1v) is 10.5. The lowest BCUT2D eigenvalue weighted by Gasteiger charge is -2.20. The number of para-hydroxylation sites is 1. The van der Waals surface area contributed by atoms with E-state index in [9.17, 15) is 14.7 Å². The van der Waals surface area contributed by atoms with Crippen molar-refractivity contribution in [1.29, 1.82) is 0 Å². The van der Waals surface area contributed by atoms with E-state index < -0.39 is 16.6 Å². The Labute approximate surface area is 181 Å². The van der Waals surface area contributed by atoms with Crippen LogP contribution in [0.5, 0.6) is 11.5 Å². The highest BCUT2D eigenvalue weighted by Gasteiger charge is 2.37. The van der Waals surface area contributed by atoms with E-state index in [0.29, 0.717) is 16.3 Å². The van der Waals surface area contributed by atoms with Crippen LogP contribution in [-0.2, 0) is 5.41 Å². The summed E-state index contributed by atoms with van der Waals surface area (Å²) in [5.41, 5.74) is 1.01. The number of fused-ring (bicyclic) bond motifs is 4. The van der Waals surface area contributed by atoms with E-state index in [-0.39, 0.29) is 21.6 Å². The molecule has 2 aromatic heterocycles. The standard InChI is InChI=1S/C24H19NO5S/c1-24(2)15-6-4-5-7-16(15)25-18(24)12-17-19(22(25)27)20(26)21(23(28)30-17)31-14-10-8-13(29-3)9-11-14/h4-12,26H,1-3H3. The molecule has 0 bridgehead atoms. The van der Waals surface area contributed by atoms with Gasteiger partial charge in [-0.2, -0.15) is 0 Å². The third kappa shape index (κ3) is 2.80. The van der Waals surface area contributed by atoms with Gasteiger partial charge in [-0.25, -0.2) is 4.79 Å². The van der Waals surface area contributed by atoms with Crippen LogP contribution in [0.15, 0.2) is 78.4 Å². The second-order valence-electron chi connectivity index (χ2n) is 7.90. The van der Waals surface area contributed by atoms with Crippen molar-refractivity contribution in [1.82, 2.24) is 4.57 Å². The van der Waals surface area contributed by atoms with Crippen molar-refractivity contribution >= 4 is 22.7 Å². The number of benzene rings is 2. The first-order chi connectivity index (χ1) is 14.8. The van der Waals surface area contributed by atoms with Crippen LogP contribution in [-0.4, -0.2) is 16.8 Å². The largest absolute Gasteiger partial charge is 0.505 e. The van der Waals surface area contributed by atoms with Crippen LogP contribution >= 0.6 is 11.8 Å². The van der Waals surface area contributed by atoms with Crippen LogP contribution < -0.4 is 15.9 Å². The Balaban J connectivity index is 1.74. The van der Waals surface area contributed by atoms with Crippen LogP contribution in [0.2, 0.25) is 0 Å². The topological polar surface area (TPSA) is 81.7 Å². The molecule has 31 heavy (non-hydrogen) atoms. The summed E-state index contributed by atoms with van der Waals surface area (Å²) in [6.07, 6.45) is 0. The fourth-order valence-corrected chi connectivity index (χ4v) is 4.96. The predicted molar refractivity (Wildman–Crippen MR) is 119 cm³/mol. The molecule has 4 aromatic rings. The summed E-state index contributed by atoms with van der Waals surface area (Å²) in [6.45, 7) is 4.03. The Bertz CT molecular complexity index is 1460. The minimum Gasteiger partial charge on any atom is -0.505 e. The highest BCUT2D eigenvalue weighted by molar-refractivity contribution is 7.99. The van der Waals surface area contributed by atoms with E-state index >= 15 is 0 Å². The second kappa shape index (κ2) is 6.78. The first-order valence-electron chi connectivity index (χ1n) is 9.71. The molecule has 0 fully saturated rings. The maximum absolute atomic E-state index is 13.5. The molecule has 3 heterocycles. The molecule has 7 heteroatoms. The van der Waals surface area contributed by atoms with Gasteiger partial charge in [-0.05, 0) is 35.9 Å². The minimum absolute atomic E-state index is 0.00753. The van der Waals surface area contributed by atoms with Crippen LogP contribution in [0.25, 0.3) is 16.7 Å². The number of nitrogens with zero attached hydrogens (tertiary/aromatic N) is 1. The molecule has 156 valence electrons. The summed E-state index contributed by atoms with van der Waals surface area (Å²) in [5, 5.41) is 11.0. The maximum atomic E-state index is 13.5. The summed E-state index contributed by atoms with van der Waals surface area (Å²) in [5.74, 6) is 0.309. The summed E-state index contributed by atoms with van der Waals surface area (Å²) in [4.78, 5) is 26.9. The molecule has 1 N–H and O–H groups in total. The number of hydrogen-bond donors (Lipinski definition) is 1. The van der Waals surface area contributed by atoms with Gasteiger partial charge in [0.1, 0.15) is 21.6 Å². The van der Waals surface area contributed by atoms with E-state index in [1.54, 1.807) is 42.0 Å². The SMILES string of the molecule is COc1ccc(Sc2c(O)c3c(=O)n4c(cc3oc2=O)C(C)(C)c2ccccc2-4)cc1. The zero-order valence-electron chi connectivity index (χ0n) is 17.1. The van der Waals surface area contributed by atoms with Gasteiger partial charge in [0.05, 0.1) is 12.8 Å². The molecule has 0 radical (unpaired) electrons. The fourth-order valence-electron chi connectivity index (χ4n) is 4.13. The lowest BCUT2D eigenvalue weighted by molar-refractivity contribution is 0.414. The third-order valence-corrected chi connectivity index (χ3v) is 6.82. The van der Waals surface area contributed by atoms with Gasteiger partial charge in [-0.3, -0.25) is 9.36 Å². The molecule has 2 aromatic carbocycles. The van der Waals surface area contributed by atoms with Gasteiger partial charge in [-0.15, -0.1) is 0 Å². The number of hydrogen-bond acceptors (Lipinski definition) is 6. The number of ether oxygens (including phenoxy) is 1. The first kappa shape index (κ1) is 19.5. The lowest BCUT2D eigenvalue weighted by atomic mass is 9.83. The molecule has 1 aliphatic rings. The third-order valence-electron chi connectivity index (χ3n) is 5.75. The zero-order chi connectivity index (χ0) is 21.9. The summed E-state index contributed by atoms with van der Waals surface area (Å²) >= 11 is 1.04. The van der Waals surface area contributed by atoms with Crippen LogP contribution in [0.1, 0.15) is 25.1 Å². The molecule has 0 spiro atoms. The molecule has 0 saturated heterocycles. The zero-order valence-corrected chi connectivity index (χ0v) is 17.9. The molecule has 0 unspecified atom stereocenters. The van der Waals surface area contributed by atoms with Crippen LogP contribution in [0, 0.1) is 0 Å². The summed E-state index contributed by atoms with van der Waals surface area (Å²) < 4.78 is 12.3. The van der Waals surface area contributed by atoms with E-state index in [4.69, 9.17) is 9.15 Å². The number of pyridine rings is 1. The molecule has 0 amide bonds. The van der Waals surface area contributed by atoms with E-state index in [0.717, 1.165) is 23.0 Å². The van der Waals surface area contributed by atoms with Crippen molar-refractivity contribution < 1.29 is 14.3 Å². The summed E-state index contributed by atoms with van der Waals surface area (Å²) in [6, 6.07) is 16.4. The predicted octanol–water partition coefficient (Wildman–Crippen LogP) is 4.45. The average Bonchev–Trinajstić information content (AvgIpc) is 2.99. The van der Waals surface area contributed by atoms with Crippen LogP contribution in [0.4, 0.5) is 0 Å². The van der Waals surface area contributed by atoms with E-state index in [1.807, 2.05) is 38.1 Å². The van der Waals surface area contributed by atoms with Crippen molar-refractivity contribution in [3.8, 4) is 17.2 Å². The van der Waals surface area contributed by atoms with Gasteiger partial charge in [-0.1, -0.05) is 43.8 Å². The second-order valence-corrected chi connectivity index (χ2v) is 8.98. The van der Waals surface area contributed by atoms with Crippen molar-refractivity contribution in [3.63, 3.8) is 0 Å². The van der Waals surface area contributed by atoms with Gasteiger partial charge >= 0.3 is 5.63 Å². The Morgan fingerprint density at radius 3 is 2.48 bits per heavy atom. The van der Waals surface area contributed by atoms with E-state index in [1.165, 1.54) is 0 Å². The quantitative estimate of drug-likeness (QED) is 0.514. The van der Waals surface area contributed by atoms with Crippen molar-refractivity contribution in [2.45, 2.75) is 29.1 Å².